The SMILES string of the molecule is Cc1cc(Cl)c(C)c(CCCO)c1O. The first-order valence-corrected chi connectivity index (χ1v) is 5.04. The number of halogens is 1. The summed E-state index contributed by atoms with van der Waals surface area (Å²) in [5.41, 5.74) is 2.54. The summed E-state index contributed by atoms with van der Waals surface area (Å²) in [6.07, 6.45) is 1.31. The average Bonchev–Trinajstić information content (AvgIpc) is 2.15. The van der Waals surface area contributed by atoms with Gasteiger partial charge < -0.3 is 10.2 Å². The van der Waals surface area contributed by atoms with Gasteiger partial charge in [-0.1, -0.05) is 11.6 Å². The molecule has 0 atom stereocenters. The van der Waals surface area contributed by atoms with Crippen LogP contribution in [-0.2, 0) is 6.42 Å². The molecule has 0 aromatic heterocycles. The topological polar surface area (TPSA) is 40.5 Å². The van der Waals surface area contributed by atoms with Crippen molar-refractivity contribution in [1.82, 2.24) is 0 Å². The molecular weight excluding hydrogens is 200 g/mol. The maximum atomic E-state index is 9.79. The molecule has 0 saturated heterocycles. The first-order chi connectivity index (χ1) is 6.57. The van der Waals surface area contributed by atoms with Gasteiger partial charge in [0.25, 0.3) is 0 Å². The van der Waals surface area contributed by atoms with Crippen LogP contribution in [0.4, 0.5) is 0 Å². The molecule has 0 amide bonds. The fourth-order valence-corrected chi connectivity index (χ4v) is 1.77. The number of rotatable bonds is 3. The van der Waals surface area contributed by atoms with Crippen molar-refractivity contribution in [3.05, 3.63) is 27.8 Å². The number of phenolic OH excluding ortho intramolecular Hbond substituents is 1. The number of phenols is 1. The molecule has 2 N–H and O–H groups in total. The van der Waals surface area contributed by atoms with Crippen LogP contribution >= 0.6 is 11.6 Å². The minimum atomic E-state index is 0.129. The van der Waals surface area contributed by atoms with E-state index in [4.69, 9.17) is 16.7 Å². The van der Waals surface area contributed by atoms with Crippen molar-refractivity contribution >= 4 is 11.6 Å². The van der Waals surface area contributed by atoms with Gasteiger partial charge in [0.1, 0.15) is 5.75 Å². The Kier molecular flexibility index (Phi) is 3.78. The molecule has 0 unspecified atom stereocenters. The standard InChI is InChI=1S/C11H15ClO2/c1-7-6-10(12)8(2)9(11(7)14)4-3-5-13/h6,13-14H,3-5H2,1-2H3. The molecular formula is C11H15ClO2. The summed E-state index contributed by atoms with van der Waals surface area (Å²) in [6.45, 7) is 3.84. The molecule has 1 aromatic carbocycles. The highest BCUT2D eigenvalue weighted by atomic mass is 35.5. The lowest BCUT2D eigenvalue weighted by atomic mass is 10.00. The van der Waals surface area contributed by atoms with Gasteiger partial charge >= 0.3 is 0 Å². The first-order valence-electron chi connectivity index (χ1n) is 4.66. The van der Waals surface area contributed by atoms with Crippen LogP contribution < -0.4 is 0 Å². The van der Waals surface area contributed by atoms with Gasteiger partial charge in [-0.05, 0) is 49.4 Å². The number of aliphatic hydroxyl groups excluding tert-OH is 1. The van der Waals surface area contributed by atoms with Crippen LogP contribution in [0, 0.1) is 13.8 Å². The van der Waals surface area contributed by atoms with E-state index >= 15 is 0 Å². The third-order valence-corrected chi connectivity index (χ3v) is 2.79. The predicted octanol–water partition coefficient (Wildman–Crippen LogP) is 2.59. The molecule has 0 aliphatic carbocycles. The van der Waals surface area contributed by atoms with Crippen molar-refractivity contribution in [2.75, 3.05) is 6.61 Å². The molecule has 0 fully saturated rings. The molecule has 0 aliphatic rings. The van der Waals surface area contributed by atoms with Crippen molar-refractivity contribution in [3.63, 3.8) is 0 Å². The summed E-state index contributed by atoms with van der Waals surface area (Å²) < 4.78 is 0. The maximum absolute atomic E-state index is 9.79. The normalized spacial score (nSPS) is 10.6. The Morgan fingerprint density at radius 2 is 2.00 bits per heavy atom. The van der Waals surface area contributed by atoms with Crippen LogP contribution in [0.15, 0.2) is 6.07 Å². The monoisotopic (exact) mass is 214 g/mol. The van der Waals surface area contributed by atoms with Gasteiger partial charge in [-0.25, -0.2) is 0 Å². The van der Waals surface area contributed by atoms with Gasteiger partial charge in [0, 0.05) is 11.6 Å². The molecule has 0 spiro atoms. The number of aryl methyl sites for hydroxylation is 1. The quantitative estimate of drug-likeness (QED) is 0.812. The van der Waals surface area contributed by atoms with Crippen molar-refractivity contribution in [3.8, 4) is 5.75 Å². The predicted molar refractivity (Wildman–Crippen MR) is 58.0 cm³/mol. The minimum absolute atomic E-state index is 0.129. The lowest BCUT2D eigenvalue weighted by Crippen LogP contribution is -1.96. The van der Waals surface area contributed by atoms with Crippen LogP contribution in [0.2, 0.25) is 5.02 Å². The van der Waals surface area contributed by atoms with E-state index < -0.39 is 0 Å². The number of hydrogen-bond donors (Lipinski definition) is 2. The van der Waals surface area contributed by atoms with E-state index in [2.05, 4.69) is 0 Å². The second-order valence-electron chi connectivity index (χ2n) is 3.45. The van der Waals surface area contributed by atoms with Crippen molar-refractivity contribution in [1.29, 1.82) is 0 Å². The van der Waals surface area contributed by atoms with Gasteiger partial charge in [-0.15, -0.1) is 0 Å². The number of hydrogen-bond acceptors (Lipinski definition) is 2. The number of aromatic hydroxyl groups is 1. The maximum Gasteiger partial charge on any atom is 0.122 e. The van der Waals surface area contributed by atoms with Gasteiger partial charge in [0.2, 0.25) is 0 Å². The summed E-state index contributed by atoms with van der Waals surface area (Å²) in [6, 6.07) is 1.76. The van der Waals surface area contributed by atoms with E-state index in [1.807, 2.05) is 13.8 Å². The number of aliphatic hydroxyl groups is 1. The molecule has 0 bridgehead atoms. The minimum Gasteiger partial charge on any atom is -0.507 e. The van der Waals surface area contributed by atoms with Gasteiger partial charge in [0.15, 0.2) is 0 Å². The zero-order valence-corrected chi connectivity index (χ0v) is 9.23. The molecule has 0 heterocycles. The molecule has 1 rings (SSSR count). The Labute approximate surface area is 89.1 Å². The molecule has 3 heteroatoms. The highest BCUT2D eigenvalue weighted by Gasteiger charge is 2.10. The Morgan fingerprint density at radius 3 is 2.57 bits per heavy atom. The largest absolute Gasteiger partial charge is 0.507 e. The fraction of sp³-hybridized carbons (Fsp3) is 0.455. The zero-order valence-electron chi connectivity index (χ0n) is 8.47. The van der Waals surface area contributed by atoms with Gasteiger partial charge in [-0.2, -0.15) is 0 Å². The molecule has 0 aliphatic heterocycles. The van der Waals surface area contributed by atoms with E-state index in [1.165, 1.54) is 0 Å². The van der Waals surface area contributed by atoms with Crippen LogP contribution in [0.5, 0.6) is 5.75 Å². The van der Waals surface area contributed by atoms with Crippen LogP contribution in [0.3, 0.4) is 0 Å². The van der Waals surface area contributed by atoms with E-state index in [-0.39, 0.29) is 6.61 Å². The second-order valence-corrected chi connectivity index (χ2v) is 3.86. The van der Waals surface area contributed by atoms with Crippen LogP contribution in [0.1, 0.15) is 23.1 Å². The Hall–Kier alpha value is -0.730. The average molecular weight is 215 g/mol. The van der Waals surface area contributed by atoms with Gasteiger partial charge in [0.05, 0.1) is 0 Å². The zero-order chi connectivity index (χ0) is 10.7. The summed E-state index contributed by atoms with van der Waals surface area (Å²) >= 11 is 6.00. The van der Waals surface area contributed by atoms with Crippen LogP contribution in [-0.4, -0.2) is 16.8 Å². The van der Waals surface area contributed by atoms with Crippen molar-refractivity contribution in [2.24, 2.45) is 0 Å². The molecule has 1 aromatic rings. The number of benzene rings is 1. The highest BCUT2D eigenvalue weighted by Crippen LogP contribution is 2.31. The van der Waals surface area contributed by atoms with E-state index in [0.717, 1.165) is 16.7 Å². The lowest BCUT2D eigenvalue weighted by molar-refractivity contribution is 0.288. The third-order valence-electron chi connectivity index (χ3n) is 2.40. The lowest BCUT2D eigenvalue weighted by Gasteiger charge is -2.11. The molecule has 78 valence electrons. The van der Waals surface area contributed by atoms with E-state index in [0.29, 0.717) is 23.6 Å². The molecule has 14 heavy (non-hydrogen) atoms. The Morgan fingerprint density at radius 1 is 1.36 bits per heavy atom. The fourth-order valence-electron chi connectivity index (χ4n) is 1.49. The van der Waals surface area contributed by atoms with Gasteiger partial charge in [-0.3, -0.25) is 0 Å². The Bertz CT molecular complexity index is 308. The summed E-state index contributed by atoms with van der Waals surface area (Å²) in [4.78, 5) is 0. The Balaban J connectivity index is 3.11. The second kappa shape index (κ2) is 4.67. The van der Waals surface area contributed by atoms with E-state index in [9.17, 15) is 5.11 Å². The van der Waals surface area contributed by atoms with Crippen molar-refractivity contribution < 1.29 is 10.2 Å². The summed E-state index contributed by atoms with van der Waals surface area (Å²) in [7, 11) is 0. The molecule has 0 radical (unpaired) electrons. The third kappa shape index (κ3) is 2.20. The molecule has 0 saturated carbocycles. The van der Waals surface area contributed by atoms with E-state index in [1.54, 1.807) is 6.07 Å². The summed E-state index contributed by atoms with van der Waals surface area (Å²) in [5.74, 6) is 0.306. The van der Waals surface area contributed by atoms with Crippen LogP contribution in [0.25, 0.3) is 0 Å². The highest BCUT2D eigenvalue weighted by molar-refractivity contribution is 6.31. The van der Waals surface area contributed by atoms with Crippen molar-refractivity contribution in [2.45, 2.75) is 26.7 Å². The first kappa shape index (κ1) is 11.3. The smallest absolute Gasteiger partial charge is 0.122 e. The summed E-state index contributed by atoms with van der Waals surface area (Å²) in [5, 5.41) is 19.2. The molecule has 2 nitrogen and oxygen atoms in total.